The first-order chi connectivity index (χ1) is 12.8. The summed E-state index contributed by atoms with van der Waals surface area (Å²) in [7, 11) is 0. The maximum absolute atomic E-state index is 13.6. The molecular weight excluding hydrogens is 326 g/mol. The van der Waals surface area contributed by atoms with Crippen LogP contribution in [0, 0.1) is 0 Å². The molecular formula is C22H15NO3. The van der Waals surface area contributed by atoms with E-state index in [1.165, 1.54) is 0 Å². The largest absolute Gasteiger partial charge is 0.454 e. The molecule has 3 heterocycles. The summed E-state index contributed by atoms with van der Waals surface area (Å²) in [6.45, 7) is 0.248. The Morgan fingerprint density at radius 2 is 1.58 bits per heavy atom. The molecule has 0 N–H and O–H groups in total. The highest BCUT2D eigenvalue weighted by atomic mass is 16.7. The molecule has 0 radical (unpaired) electrons. The van der Waals surface area contributed by atoms with Crippen LogP contribution in [0.5, 0.6) is 11.5 Å². The van der Waals surface area contributed by atoms with E-state index in [1.807, 2.05) is 66.7 Å². The third-order valence-corrected chi connectivity index (χ3v) is 5.66. The normalized spacial score (nSPS) is 21.5. The lowest BCUT2D eigenvalue weighted by atomic mass is 9.82. The van der Waals surface area contributed by atoms with Gasteiger partial charge in [0.25, 0.3) is 0 Å². The van der Waals surface area contributed by atoms with E-state index < -0.39 is 5.54 Å². The van der Waals surface area contributed by atoms with Crippen LogP contribution >= 0.6 is 0 Å². The molecule has 4 heteroatoms. The van der Waals surface area contributed by atoms with Gasteiger partial charge in [0.2, 0.25) is 6.79 Å². The molecule has 3 aliphatic rings. The first-order valence-electron chi connectivity index (χ1n) is 8.71. The van der Waals surface area contributed by atoms with Crippen molar-refractivity contribution < 1.29 is 14.3 Å². The molecule has 0 bridgehead atoms. The quantitative estimate of drug-likeness (QED) is 0.665. The van der Waals surface area contributed by atoms with Crippen molar-refractivity contribution in [1.29, 1.82) is 0 Å². The maximum atomic E-state index is 13.6. The lowest BCUT2D eigenvalue weighted by molar-refractivity contribution is 0.0909. The minimum Gasteiger partial charge on any atom is -0.454 e. The Balaban J connectivity index is 1.67. The molecule has 126 valence electrons. The number of anilines is 2. The van der Waals surface area contributed by atoms with E-state index in [0.29, 0.717) is 6.42 Å². The summed E-state index contributed by atoms with van der Waals surface area (Å²) in [5, 5.41) is 0. The van der Waals surface area contributed by atoms with E-state index in [2.05, 4.69) is 4.90 Å². The Bertz CT molecular complexity index is 1080. The van der Waals surface area contributed by atoms with Gasteiger partial charge in [-0.1, -0.05) is 42.5 Å². The van der Waals surface area contributed by atoms with Gasteiger partial charge < -0.3 is 14.4 Å². The number of hydrogen-bond acceptors (Lipinski definition) is 4. The Kier molecular flexibility index (Phi) is 2.51. The lowest BCUT2D eigenvalue weighted by Gasteiger charge is -2.33. The van der Waals surface area contributed by atoms with Gasteiger partial charge in [-0.15, -0.1) is 0 Å². The van der Waals surface area contributed by atoms with Gasteiger partial charge >= 0.3 is 0 Å². The second-order valence-electron chi connectivity index (χ2n) is 6.92. The van der Waals surface area contributed by atoms with Crippen LogP contribution in [0.15, 0.2) is 66.7 Å². The molecule has 3 aromatic rings. The number of para-hydroxylation sites is 1. The topological polar surface area (TPSA) is 38.8 Å². The average molecular weight is 341 g/mol. The van der Waals surface area contributed by atoms with Crippen molar-refractivity contribution in [3.05, 3.63) is 83.4 Å². The highest BCUT2D eigenvalue weighted by molar-refractivity contribution is 6.17. The van der Waals surface area contributed by atoms with Gasteiger partial charge in [0, 0.05) is 23.7 Å². The summed E-state index contributed by atoms with van der Waals surface area (Å²) >= 11 is 0. The van der Waals surface area contributed by atoms with Crippen LogP contribution in [-0.2, 0) is 12.0 Å². The highest BCUT2D eigenvalue weighted by Crippen LogP contribution is 2.58. The van der Waals surface area contributed by atoms with Gasteiger partial charge in [-0.25, -0.2) is 0 Å². The van der Waals surface area contributed by atoms with E-state index in [1.54, 1.807) is 0 Å². The summed E-state index contributed by atoms with van der Waals surface area (Å²) < 4.78 is 11.1. The summed E-state index contributed by atoms with van der Waals surface area (Å²) in [6, 6.07) is 22.0. The molecule has 3 aliphatic heterocycles. The predicted octanol–water partition coefficient (Wildman–Crippen LogP) is 4.20. The number of rotatable bonds is 1. The molecule has 0 spiro atoms. The van der Waals surface area contributed by atoms with E-state index in [9.17, 15) is 4.79 Å². The molecule has 3 aromatic carbocycles. The van der Waals surface area contributed by atoms with Crippen LogP contribution < -0.4 is 14.4 Å². The molecule has 0 saturated carbocycles. The Hall–Kier alpha value is -3.27. The third kappa shape index (κ3) is 1.53. The summed E-state index contributed by atoms with van der Waals surface area (Å²) in [4.78, 5) is 15.8. The number of nitrogens with zero attached hydrogens (tertiary/aromatic N) is 1. The van der Waals surface area contributed by atoms with E-state index in [0.717, 1.165) is 39.6 Å². The van der Waals surface area contributed by atoms with Crippen molar-refractivity contribution >= 4 is 17.2 Å². The minimum atomic E-state index is -0.734. The number of ether oxygens (including phenoxy) is 2. The molecule has 26 heavy (non-hydrogen) atoms. The number of hydrogen-bond donors (Lipinski definition) is 0. The maximum Gasteiger partial charge on any atom is 0.231 e. The fraction of sp³-hybridized carbons (Fsp3) is 0.136. The van der Waals surface area contributed by atoms with Crippen LogP contribution in [0.1, 0.15) is 21.5 Å². The van der Waals surface area contributed by atoms with Crippen molar-refractivity contribution in [2.24, 2.45) is 0 Å². The highest BCUT2D eigenvalue weighted by Gasteiger charge is 2.57. The number of carbonyl (C=O) groups is 1. The van der Waals surface area contributed by atoms with E-state index >= 15 is 0 Å². The second-order valence-corrected chi connectivity index (χ2v) is 6.92. The molecule has 1 unspecified atom stereocenters. The predicted molar refractivity (Wildman–Crippen MR) is 97.3 cm³/mol. The van der Waals surface area contributed by atoms with Crippen LogP contribution in [0.25, 0.3) is 0 Å². The Morgan fingerprint density at radius 1 is 0.846 bits per heavy atom. The number of ketones is 1. The fourth-order valence-corrected chi connectivity index (χ4v) is 4.56. The fourth-order valence-electron chi connectivity index (χ4n) is 4.56. The average Bonchev–Trinajstić information content (AvgIpc) is 3.33. The second kappa shape index (κ2) is 4.67. The molecule has 4 nitrogen and oxygen atoms in total. The van der Waals surface area contributed by atoms with E-state index in [4.69, 9.17) is 9.47 Å². The first-order valence-corrected chi connectivity index (χ1v) is 8.71. The van der Waals surface area contributed by atoms with Crippen LogP contribution in [0.4, 0.5) is 11.4 Å². The van der Waals surface area contributed by atoms with Crippen molar-refractivity contribution in [1.82, 2.24) is 0 Å². The molecule has 0 amide bonds. The summed E-state index contributed by atoms with van der Waals surface area (Å²) in [5.74, 6) is 1.65. The van der Waals surface area contributed by atoms with Gasteiger partial charge in [0.15, 0.2) is 17.3 Å². The van der Waals surface area contributed by atoms with E-state index in [-0.39, 0.29) is 12.6 Å². The number of fused-ring (bicyclic) bond motifs is 6. The van der Waals surface area contributed by atoms with Crippen LogP contribution in [0.2, 0.25) is 0 Å². The molecule has 0 aromatic heterocycles. The number of benzene rings is 3. The number of carbonyl (C=O) groups excluding carboxylic acids is 1. The summed E-state index contributed by atoms with van der Waals surface area (Å²) in [5.41, 5.74) is 4.15. The van der Waals surface area contributed by atoms with Crippen LogP contribution in [0.3, 0.4) is 0 Å². The molecule has 0 saturated heterocycles. The zero-order chi connectivity index (χ0) is 17.3. The third-order valence-electron chi connectivity index (χ3n) is 5.66. The monoisotopic (exact) mass is 341 g/mol. The van der Waals surface area contributed by atoms with Gasteiger partial charge in [-0.2, -0.15) is 0 Å². The molecule has 1 atom stereocenters. The number of Topliss-reactive ketones (excluding diaryl/α,β-unsaturated/α-hetero) is 1. The van der Waals surface area contributed by atoms with Crippen LogP contribution in [-0.4, -0.2) is 12.6 Å². The van der Waals surface area contributed by atoms with Crippen molar-refractivity contribution in [2.45, 2.75) is 12.0 Å². The molecule has 0 fully saturated rings. The van der Waals surface area contributed by atoms with Crippen molar-refractivity contribution in [3.63, 3.8) is 0 Å². The van der Waals surface area contributed by atoms with Gasteiger partial charge in [0.1, 0.15) is 5.54 Å². The van der Waals surface area contributed by atoms with Gasteiger partial charge in [-0.05, 0) is 29.3 Å². The van der Waals surface area contributed by atoms with Gasteiger partial charge in [-0.3, -0.25) is 4.79 Å². The molecule has 6 rings (SSSR count). The molecule has 0 aliphatic carbocycles. The minimum absolute atomic E-state index is 0.150. The first kappa shape index (κ1) is 14.0. The Labute approximate surface area is 150 Å². The Morgan fingerprint density at radius 3 is 2.42 bits per heavy atom. The summed E-state index contributed by atoms with van der Waals surface area (Å²) in [6.07, 6.45) is 0.622. The van der Waals surface area contributed by atoms with Crippen molar-refractivity contribution in [3.8, 4) is 11.5 Å². The SMILES string of the molecule is O=C1c2ccccc2N2c3cc4c(cc3CC12c1ccccc1)OCO4. The zero-order valence-corrected chi connectivity index (χ0v) is 13.9. The smallest absolute Gasteiger partial charge is 0.231 e. The van der Waals surface area contributed by atoms with Gasteiger partial charge in [0.05, 0.1) is 5.69 Å². The zero-order valence-electron chi connectivity index (χ0n) is 13.9. The van der Waals surface area contributed by atoms with Crippen molar-refractivity contribution in [2.75, 3.05) is 11.7 Å². The lowest BCUT2D eigenvalue weighted by Crippen LogP contribution is -2.43. The standard InChI is InChI=1S/C22H15NO3/c24-21-16-8-4-5-9-17(16)23-18-11-20-19(25-13-26-20)10-14(18)12-22(21,23)15-6-2-1-3-7-15/h1-11H,12-13H2.